The number of Topliss-reactive ketones (excluding diaryl/α,β-unsaturated/α-hetero) is 1. The fourth-order valence-corrected chi connectivity index (χ4v) is 4.09. The molecule has 1 aliphatic rings. The first-order chi connectivity index (χ1) is 15.9. The Morgan fingerprint density at radius 1 is 0.909 bits per heavy atom. The van der Waals surface area contributed by atoms with Crippen LogP contribution in [-0.4, -0.2) is 45.6 Å². The molecule has 0 saturated heterocycles. The molecule has 0 bridgehead atoms. The fourth-order valence-electron chi connectivity index (χ4n) is 3.23. The molecule has 3 aromatic carbocycles. The van der Waals surface area contributed by atoms with Crippen molar-refractivity contribution in [1.82, 2.24) is 10.0 Å². The average Bonchev–Trinajstić information content (AvgIpc) is 3.08. The van der Waals surface area contributed by atoms with Crippen LogP contribution < -0.4 is 0 Å². The van der Waals surface area contributed by atoms with Gasteiger partial charge < -0.3 is 0 Å². The number of amides is 2. The number of thioether (sulfide) groups is 1. The Morgan fingerprint density at radius 3 is 2.09 bits per heavy atom. The molecule has 2 amide bonds. The Kier molecular flexibility index (Phi) is 6.32. The third-order valence-corrected chi connectivity index (χ3v) is 5.94. The summed E-state index contributed by atoms with van der Waals surface area (Å²) in [6.45, 7) is 0. The average molecular weight is 465 g/mol. The highest BCUT2D eigenvalue weighted by Gasteiger charge is 2.39. The summed E-state index contributed by atoms with van der Waals surface area (Å²) in [4.78, 5) is 42.7. The number of carbonyl (C=O) groups excluding carboxylic acids is 3. The molecular weight excluding hydrogens is 448 g/mol. The number of para-hydroxylation sites is 1. The number of aliphatic imine (C=N–C) groups is 1. The molecule has 0 N–H and O–H groups in total. The third kappa shape index (κ3) is 4.54. The van der Waals surface area contributed by atoms with E-state index in [1.807, 2.05) is 0 Å². The van der Waals surface area contributed by atoms with Crippen molar-refractivity contribution in [3.63, 3.8) is 0 Å². The Labute approximate surface area is 192 Å². The molecule has 6 nitrogen and oxygen atoms in total. The molecule has 0 radical (unpaired) electrons. The van der Waals surface area contributed by atoms with E-state index in [-0.39, 0.29) is 39.1 Å². The first kappa shape index (κ1) is 22.3. The van der Waals surface area contributed by atoms with E-state index in [4.69, 9.17) is 0 Å². The van der Waals surface area contributed by atoms with E-state index < -0.39 is 23.4 Å². The van der Waals surface area contributed by atoms with Gasteiger partial charge in [0.05, 0.1) is 16.9 Å². The van der Waals surface area contributed by atoms with Gasteiger partial charge in [-0.1, -0.05) is 36.0 Å². The number of fused-ring (bicyclic) bond motifs is 1. The van der Waals surface area contributed by atoms with Crippen LogP contribution >= 0.6 is 11.8 Å². The Bertz CT molecular complexity index is 1240. The molecule has 0 aromatic heterocycles. The minimum Gasteiger partial charge on any atom is -0.293 e. The van der Waals surface area contributed by atoms with Crippen LogP contribution in [0, 0.1) is 11.6 Å². The van der Waals surface area contributed by atoms with Gasteiger partial charge in [-0.25, -0.2) is 13.8 Å². The molecular formula is C24H17F2N3O3S. The highest BCUT2D eigenvalue weighted by molar-refractivity contribution is 8.14. The van der Waals surface area contributed by atoms with Crippen LogP contribution in [0.15, 0.2) is 77.8 Å². The molecule has 3 aromatic rings. The zero-order chi connectivity index (χ0) is 23.5. The number of rotatable bonds is 5. The van der Waals surface area contributed by atoms with Crippen LogP contribution in [0.2, 0.25) is 0 Å². The number of hydrogen-bond acceptors (Lipinski definition) is 5. The summed E-state index contributed by atoms with van der Waals surface area (Å²) in [5.41, 5.74) is 0.758. The normalized spacial score (nSPS) is 13.3. The van der Waals surface area contributed by atoms with Gasteiger partial charge in [-0.15, -0.1) is 0 Å². The molecule has 1 heterocycles. The van der Waals surface area contributed by atoms with Crippen LogP contribution in [-0.2, 0) is 0 Å². The predicted molar refractivity (Wildman–Crippen MR) is 121 cm³/mol. The fraction of sp³-hybridized carbons (Fsp3) is 0.0833. The first-order valence-corrected chi connectivity index (χ1v) is 10.8. The van der Waals surface area contributed by atoms with Crippen LogP contribution in [0.25, 0.3) is 0 Å². The Hall–Kier alpha value is -3.85. The summed E-state index contributed by atoms with van der Waals surface area (Å²) in [6.07, 6.45) is 0. The summed E-state index contributed by atoms with van der Waals surface area (Å²) >= 11 is 0.930. The molecule has 0 atom stereocenters. The minimum atomic E-state index is -0.601. The lowest BCUT2D eigenvalue weighted by Crippen LogP contribution is -2.46. The van der Waals surface area contributed by atoms with Gasteiger partial charge in [-0.3, -0.25) is 19.4 Å². The van der Waals surface area contributed by atoms with Gasteiger partial charge in [0.2, 0.25) is 0 Å². The zero-order valence-corrected chi connectivity index (χ0v) is 18.2. The molecule has 4 rings (SSSR count). The maximum absolute atomic E-state index is 14.3. The molecule has 9 heteroatoms. The van der Waals surface area contributed by atoms with Crippen LogP contribution in [0.3, 0.4) is 0 Å². The van der Waals surface area contributed by atoms with Crippen LogP contribution in [0.5, 0.6) is 0 Å². The quantitative estimate of drug-likeness (QED) is 0.236. The number of nitrogens with zero attached hydrogens (tertiary/aromatic N) is 3. The first-order valence-electron chi connectivity index (χ1n) is 9.83. The number of imide groups is 1. The second kappa shape index (κ2) is 9.33. The van der Waals surface area contributed by atoms with Crippen molar-refractivity contribution in [2.45, 2.75) is 0 Å². The largest absolute Gasteiger partial charge is 0.293 e. The second-order valence-corrected chi connectivity index (χ2v) is 8.00. The molecule has 1 aliphatic heterocycles. The number of halogens is 2. The maximum atomic E-state index is 14.3. The molecule has 166 valence electrons. The lowest BCUT2D eigenvalue weighted by atomic mass is 10.1. The SMILES string of the molecule is CN(C(=Nc1ccccc1F)SCC(=O)c1ccc(F)cc1)N1C(=O)c2ccccc2C1=O. The summed E-state index contributed by atoms with van der Waals surface area (Å²) in [6, 6.07) is 17.2. The van der Waals surface area contributed by atoms with Gasteiger partial charge in [0.15, 0.2) is 11.0 Å². The van der Waals surface area contributed by atoms with Gasteiger partial charge in [0.1, 0.15) is 17.3 Å². The smallest absolute Gasteiger partial charge is 0.280 e. The van der Waals surface area contributed by atoms with E-state index in [0.29, 0.717) is 0 Å². The molecule has 0 spiro atoms. The van der Waals surface area contributed by atoms with E-state index in [9.17, 15) is 23.2 Å². The van der Waals surface area contributed by atoms with E-state index >= 15 is 0 Å². The number of hydrogen-bond donors (Lipinski definition) is 0. The zero-order valence-electron chi connectivity index (χ0n) is 17.4. The molecule has 0 fully saturated rings. The van der Waals surface area contributed by atoms with Gasteiger partial charge >= 0.3 is 0 Å². The molecule has 33 heavy (non-hydrogen) atoms. The molecule has 0 saturated carbocycles. The van der Waals surface area contributed by atoms with Crippen molar-refractivity contribution in [2.75, 3.05) is 12.8 Å². The summed E-state index contributed by atoms with van der Waals surface area (Å²) in [7, 11) is 1.44. The Balaban J connectivity index is 1.64. The van der Waals surface area contributed by atoms with E-state index in [1.165, 1.54) is 54.5 Å². The van der Waals surface area contributed by atoms with Crippen molar-refractivity contribution < 1.29 is 23.2 Å². The summed E-state index contributed by atoms with van der Waals surface area (Å²) in [5.74, 6) is -2.62. The molecule has 0 aliphatic carbocycles. The van der Waals surface area contributed by atoms with E-state index in [2.05, 4.69) is 4.99 Å². The number of hydrazine groups is 1. The third-order valence-electron chi connectivity index (χ3n) is 4.92. The van der Waals surface area contributed by atoms with Crippen molar-refractivity contribution in [2.24, 2.45) is 4.99 Å². The van der Waals surface area contributed by atoms with E-state index in [0.717, 1.165) is 16.8 Å². The standard InChI is InChI=1S/C24H17F2N3O3S/c1-28(29-22(31)17-6-2-3-7-18(17)23(29)32)24(27-20-9-5-4-8-19(20)26)33-14-21(30)15-10-12-16(25)13-11-15/h2-13H,14H2,1H3. The topological polar surface area (TPSA) is 70.1 Å². The van der Waals surface area contributed by atoms with Crippen molar-refractivity contribution in [1.29, 1.82) is 0 Å². The lowest BCUT2D eigenvalue weighted by Gasteiger charge is -2.28. The van der Waals surface area contributed by atoms with Crippen molar-refractivity contribution in [3.8, 4) is 0 Å². The summed E-state index contributed by atoms with van der Waals surface area (Å²) < 4.78 is 27.4. The number of amidine groups is 1. The highest BCUT2D eigenvalue weighted by atomic mass is 32.2. The number of carbonyl (C=O) groups is 3. The van der Waals surface area contributed by atoms with Gasteiger partial charge in [0, 0.05) is 12.6 Å². The molecule has 0 unspecified atom stereocenters. The highest BCUT2D eigenvalue weighted by Crippen LogP contribution is 2.27. The van der Waals surface area contributed by atoms with E-state index in [1.54, 1.807) is 30.3 Å². The number of benzene rings is 3. The van der Waals surface area contributed by atoms with Gasteiger partial charge in [-0.05, 0) is 48.5 Å². The van der Waals surface area contributed by atoms with Crippen molar-refractivity contribution in [3.05, 3.63) is 101 Å². The van der Waals surface area contributed by atoms with Crippen molar-refractivity contribution >= 4 is 40.2 Å². The van der Waals surface area contributed by atoms with Crippen LogP contribution in [0.1, 0.15) is 31.1 Å². The second-order valence-electron chi connectivity index (χ2n) is 7.06. The van der Waals surface area contributed by atoms with Gasteiger partial charge in [-0.2, -0.15) is 5.01 Å². The monoisotopic (exact) mass is 465 g/mol. The van der Waals surface area contributed by atoms with Crippen LogP contribution in [0.4, 0.5) is 14.5 Å². The minimum absolute atomic E-state index is 0.0160. The predicted octanol–water partition coefficient (Wildman–Crippen LogP) is 4.71. The maximum Gasteiger partial charge on any atom is 0.280 e. The Morgan fingerprint density at radius 2 is 1.48 bits per heavy atom. The lowest BCUT2D eigenvalue weighted by molar-refractivity contribution is 0.0368. The summed E-state index contributed by atoms with van der Waals surface area (Å²) in [5, 5.41) is 2.17. The van der Waals surface area contributed by atoms with Gasteiger partial charge in [0.25, 0.3) is 11.8 Å². The number of ketones is 1.